The Morgan fingerprint density at radius 3 is 2.44 bits per heavy atom. The molecule has 0 fully saturated rings. The molecule has 1 unspecified atom stereocenters. The molecule has 206 valence electrons. The number of rotatable bonds is 7. The molecule has 1 aliphatic rings. The topological polar surface area (TPSA) is 94.6 Å². The van der Waals surface area contributed by atoms with Gasteiger partial charge < -0.3 is 14.8 Å². The number of aromatic nitrogens is 1. The average Bonchev–Trinajstić information content (AvgIpc) is 3.59. The maximum atomic E-state index is 13.3. The number of thiazole rings is 1. The van der Waals surface area contributed by atoms with Gasteiger partial charge in [-0.05, 0) is 61.6 Å². The van der Waals surface area contributed by atoms with Gasteiger partial charge in [-0.3, -0.25) is 4.79 Å². The van der Waals surface area contributed by atoms with Gasteiger partial charge in [-0.2, -0.15) is 0 Å². The summed E-state index contributed by atoms with van der Waals surface area (Å²) in [6.45, 7) is 3.48. The van der Waals surface area contributed by atoms with E-state index in [9.17, 15) is 14.4 Å². The van der Waals surface area contributed by atoms with Crippen LogP contribution in [0.4, 0.5) is 5.00 Å². The molecule has 1 atom stereocenters. The van der Waals surface area contributed by atoms with Crippen LogP contribution in [0.5, 0.6) is 0 Å². The minimum Gasteiger partial charge on any atom is -0.462 e. The number of amides is 1. The molecule has 41 heavy (non-hydrogen) atoms. The SMILES string of the molecule is CCOC(=O)c1c(NC(=O)C(C)OC(=O)c2ccccc2-c2nc3ccccc3s2)sc2c1CCc1ccccc1-2. The maximum Gasteiger partial charge on any atom is 0.341 e. The number of benzene rings is 3. The second-order valence-corrected chi connectivity index (χ2v) is 11.6. The van der Waals surface area contributed by atoms with Crippen LogP contribution in [-0.2, 0) is 27.1 Å². The zero-order valence-electron chi connectivity index (χ0n) is 22.4. The number of thiophene rings is 1. The van der Waals surface area contributed by atoms with E-state index in [1.165, 1.54) is 35.2 Å². The number of nitrogens with zero attached hydrogens (tertiary/aromatic N) is 1. The first kappa shape index (κ1) is 26.9. The van der Waals surface area contributed by atoms with Crippen molar-refractivity contribution in [2.75, 3.05) is 11.9 Å². The van der Waals surface area contributed by atoms with Crippen LogP contribution in [0.3, 0.4) is 0 Å². The molecule has 6 rings (SSSR count). The lowest BCUT2D eigenvalue weighted by Gasteiger charge is -2.17. The number of nitrogens with one attached hydrogen (secondary N) is 1. The largest absolute Gasteiger partial charge is 0.462 e. The number of hydrogen-bond acceptors (Lipinski definition) is 8. The molecule has 2 aromatic heterocycles. The number of hydrogen-bond donors (Lipinski definition) is 1. The molecule has 0 saturated carbocycles. The first-order chi connectivity index (χ1) is 19.9. The molecule has 0 aliphatic heterocycles. The van der Waals surface area contributed by atoms with E-state index < -0.39 is 23.9 Å². The number of carbonyl (C=O) groups excluding carboxylic acids is 3. The fourth-order valence-electron chi connectivity index (χ4n) is 4.97. The molecule has 0 saturated heterocycles. The number of anilines is 1. The zero-order chi connectivity index (χ0) is 28.5. The van der Waals surface area contributed by atoms with E-state index in [0.717, 1.165) is 32.6 Å². The highest BCUT2D eigenvalue weighted by Gasteiger charge is 2.31. The van der Waals surface area contributed by atoms with Gasteiger partial charge in [-0.25, -0.2) is 14.6 Å². The highest BCUT2D eigenvalue weighted by molar-refractivity contribution is 7.21. The van der Waals surface area contributed by atoms with Crippen molar-refractivity contribution in [3.8, 4) is 21.0 Å². The van der Waals surface area contributed by atoms with Crippen LogP contribution in [-0.4, -0.2) is 35.5 Å². The van der Waals surface area contributed by atoms with E-state index >= 15 is 0 Å². The molecular weight excluding hydrogens is 556 g/mol. The van der Waals surface area contributed by atoms with Gasteiger partial charge in [0, 0.05) is 10.4 Å². The molecule has 0 spiro atoms. The van der Waals surface area contributed by atoms with Gasteiger partial charge in [-0.1, -0.05) is 54.6 Å². The Bertz CT molecular complexity index is 1770. The Labute approximate surface area is 244 Å². The Hall–Kier alpha value is -4.34. The second kappa shape index (κ2) is 11.3. The van der Waals surface area contributed by atoms with Crippen LogP contribution in [0, 0.1) is 0 Å². The quantitative estimate of drug-likeness (QED) is 0.205. The van der Waals surface area contributed by atoms with Crippen molar-refractivity contribution in [3.05, 3.63) is 95.1 Å². The van der Waals surface area contributed by atoms with Crippen LogP contribution >= 0.6 is 22.7 Å². The van der Waals surface area contributed by atoms with E-state index in [-0.39, 0.29) is 6.61 Å². The van der Waals surface area contributed by atoms with Gasteiger partial charge in [0.25, 0.3) is 5.91 Å². The molecule has 1 N–H and O–H groups in total. The molecule has 0 bridgehead atoms. The third-order valence-electron chi connectivity index (χ3n) is 6.95. The third-order valence-corrected chi connectivity index (χ3v) is 9.20. The van der Waals surface area contributed by atoms with E-state index in [2.05, 4.69) is 16.4 Å². The second-order valence-electron chi connectivity index (χ2n) is 9.56. The van der Waals surface area contributed by atoms with E-state index in [0.29, 0.717) is 33.1 Å². The van der Waals surface area contributed by atoms with Crippen LogP contribution in [0.1, 0.15) is 45.7 Å². The van der Waals surface area contributed by atoms with Crippen molar-refractivity contribution >= 4 is 55.7 Å². The first-order valence-electron chi connectivity index (χ1n) is 13.3. The third kappa shape index (κ3) is 5.14. The predicted octanol–water partition coefficient (Wildman–Crippen LogP) is 7.15. The molecule has 2 heterocycles. The predicted molar refractivity (Wildman–Crippen MR) is 162 cm³/mol. The lowest BCUT2D eigenvalue weighted by Crippen LogP contribution is -2.30. The average molecular weight is 583 g/mol. The monoisotopic (exact) mass is 582 g/mol. The summed E-state index contributed by atoms with van der Waals surface area (Å²) >= 11 is 2.83. The van der Waals surface area contributed by atoms with Crippen LogP contribution in [0.2, 0.25) is 0 Å². The van der Waals surface area contributed by atoms with Crippen molar-refractivity contribution in [1.82, 2.24) is 4.98 Å². The highest BCUT2D eigenvalue weighted by atomic mass is 32.1. The zero-order valence-corrected chi connectivity index (χ0v) is 24.1. The van der Waals surface area contributed by atoms with Gasteiger partial charge in [0.2, 0.25) is 0 Å². The lowest BCUT2D eigenvalue weighted by molar-refractivity contribution is -0.123. The fraction of sp³-hybridized carbons (Fsp3) is 0.188. The van der Waals surface area contributed by atoms with E-state index in [1.54, 1.807) is 19.1 Å². The Kier molecular flexibility index (Phi) is 7.38. The molecule has 7 nitrogen and oxygen atoms in total. The highest BCUT2D eigenvalue weighted by Crippen LogP contribution is 2.45. The molecule has 5 aromatic rings. The summed E-state index contributed by atoms with van der Waals surface area (Å²) in [4.78, 5) is 45.2. The Balaban J connectivity index is 1.25. The summed E-state index contributed by atoms with van der Waals surface area (Å²) in [6.07, 6.45) is 0.342. The number of aryl methyl sites for hydroxylation is 1. The van der Waals surface area contributed by atoms with Crippen molar-refractivity contribution in [2.24, 2.45) is 0 Å². The summed E-state index contributed by atoms with van der Waals surface area (Å²) < 4.78 is 12.0. The minimum absolute atomic E-state index is 0.218. The Morgan fingerprint density at radius 2 is 1.63 bits per heavy atom. The molecular formula is C32H26N2O5S2. The van der Waals surface area contributed by atoms with Crippen LogP contribution < -0.4 is 5.32 Å². The van der Waals surface area contributed by atoms with Gasteiger partial charge in [0.15, 0.2) is 6.10 Å². The number of esters is 2. The standard InChI is InChI=1S/C32H26N2O5S2/c1-3-38-32(37)26-23-17-16-19-10-4-5-11-20(19)27(23)41-30(26)34-28(35)18(2)39-31(36)22-13-7-6-12-21(22)29-33-24-14-8-9-15-25(24)40-29/h4-15,18H,3,16-17H2,1-2H3,(H,34,35). The molecule has 1 aliphatic carbocycles. The molecule has 0 radical (unpaired) electrons. The summed E-state index contributed by atoms with van der Waals surface area (Å²) in [5, 5.41) is 3.94. The number of fused-ring (bicyclic) bond motifs is 4. The molecule has 3 aromatic carbocycles. The maximum absolute atomic E-state index is 13.3. The van der Waals surface area contributed by atoms with Gasteiger partial charge in [0.1, 0.15) is 10.0 Å². The molecule has 9 heteroatoms. The van der Waals surface area contributed by atoms with Crippen LogP contribution in [0.25, 0.3) is 31.2 Å². The summed E-state index contributed by atoms with van der Waals surface area (Å²) in [7, 11) is 0. The van der Waals surface area contributed by atoms with E-state index in [4.69, 9.17) is 9.47 Å². The van der Waals surface area contributed by atoms with Crippen LogP contribution in [0.15, 0.2) is 72.8 Å². The fourth-order valence-corrected chi connectivity index (χ4v) is 7.28. The van der Waals surface area contributed by atoms with Gasteiger partial charge >= 0.3 is 11.9 Å². The Morgan fingerprint density at radius 1 is 0.902 bits per heavy atom. The summed E-state index contributed by atoms with van der Waals surface area (Å²) in [5.74, 6) is -1.64. The van der Waals surface area contributed by atoms with Gasteiger partial charge in [-0.15, -0.1) is 22.7 Å². The normalized spacial score (nSPS) is 12.7. The van der Waals surface area contributed by atoms with E-state index in [1.807, 2.05) is 54.6 Å². The first-order valence-corrected chi connectivity index (χ1v) is 15.0. The van der Waals surface area contributed by atoms with Crippen molar-refractivity contribution in [3.63, 3.8) is 0 Å². The number of ether oxygens (including phenoxy) is 2. The smallest absolute Gasteiger partial charge is 0.341 e. The lowest BCUT2D eigenvalue weighted by atomic mass is 9.89. The molecule has 1 amide bonds. The summed E-state index contributed by atoms with van der Waals surface area (Å²) in [5.41, 5.74) is 5.30. The van der Waals surface area contributed by atoms with Crippen molar-refractivity contribution in [1.29, 1.82) is 0 Å². The number of para-hydroxylation sites is 1. The van der Waals surface area contributed by atoms with Crippen molar-refractivity contribution < 1.29 is 23.9 Å². The summed E-state index contributed by atoms with van der Waals surface area (Å²) in [6, 6.07) is 22.9. The van der Waals surface area contributed by atoms with Crippen molar-refractivity contribution in [2.45, 2.75) is 32.8 Å². The minimum atomic E-state index is -1.12. The number of carbonyl (C=O) groups is 3. The van der Waals surface area contributed by atoms with Gasteiger partial charge in [0.05, 0.1) is 28.0 Å².